The molecule has 0 unspecified atom stereocenters. The first-order valence-electron chi connectivity index (χ1n) is 6.11. The second kappa shape index (κ2) is 5.95. The van der Waals surface area contributed by atoms with E-state index < -0.39 is 0 Å². The number of benzene rings is 1. The summed E-state index contributed by atoms with van der Waals surface area (Å²) in [6, 6.07) is 5.14. The van der Waals surface area contributed by atoms with Gasteiger partial charge in [0.15, 0.2) is 0 Å². The minimum Gasteiger partial charge on any atom is -0.393 e. The van der Waals surface area contributed by atoms with Crippen LogP contribution in [0.3, 0.4) is 0 Å². The van der Waals surface area contributed by atoms with Crippen LogP contribution < -0.4 is 0 Å². The summed E-state index contributed by atoms with van der Waals surface area (Å²) in [5.74, 6) is -0.156. The van der Waals surface area contributed by atoms with Gasteiger partial charge in [0.05, 0.1) is 16.1 Å². The van der Waals surface area contributed by atoms with Gasteiger partial charge >= 0.3 is 0 Å². The van der Waals surface area contributed by atoms with E-state index in [0.717, 1.165) is 0 Å². The molecule has 5 heteroatoms. The van der Waals surface area contributed by atoms with Crippen LogP contribution in [-0.4, -0.2) is 35.1 Å². The van der Waals surface area contributed by atoms with Gasteiger partial charge in [-0.2, -0.15) is 0 Å². The number of nitrogens with zero attached hydrogens (tertiary/aromatic N) is 1. The molecule has 0 aliphatic carbocycles. The molecule has 102 valence electrons. The number of likely N-dealkylation sites (tertiary alicyclic amines) is 1. The van der Waals surface area contributed by atoms with E-state index in [1.165, 1.54) is 0 Å². The third kappa shape index (κ3) is 3.11. The Balaban J connectivity index is 2.15. The van der Waals surface area contributed by atoms with Gasteiger partial charge in [0.25, 0.3) is 5.91 Å². The van der Waals surface area contributed by atoms with Gasteiger partial charge in [0.2, 0.25) is 0 Å². The molecule has 0 bridgehead atoms. The normalized spacial score (nSPS) is 16.5. The number of carbonyl (C=O) groups is 1. The van der Waals surface area contributed by atoms with Crippen molar-refractivity contribution in [3.63, 3.8) is 0 Å². The molecule has 1 aliphatic rings. The maximum absolute atomic E-state index is 12.3. The quantitative estimate of drug-likeness (QED) is 0.853. The van der Waals surface area contributed by atoms with E-state index in [1.807, 2.05) is 0 Å². The van der Waals surface area contributed by atoms with Gasteiger partial charge < -0.3 is 10.0 Å². The number of aliphatic hydroxyl groups is 1. The van der Waals surface area contributed by atoms with Gasteiger partial charge in [0, 0.05) is 24.2 Å². The number of piperidine rings is 1. The summed E-state index contributed by atoms with van der Waals surface area (Å²) >= 11 is 12.0. The molecule has 0 saturated carbocycles. The van der Waals surface area contributed by atoms with Crippen molar-refractivity contribution in [2.24, 2.45) is 0 Å². The van der Waals surface area contributed by atoms with Crippen molar-refractivity contribution in [2.75, 3.05) is 13.1 Å². The summed E-state index contributed by atoms with van der Waals surface area (Å²) in [7, 11) is 0. The van der Waals surface area contributed by atoms with Gasteiger partial charge in [-0.3, -0.25) is 4.79 Å². The van der Waals surface area contributed by atoms with Gasteiger partial charge in [0.1, 0.15) is 0 Å². The van der Waals surface area contributed by atoms with Crippen LogP contribution in [0.5, 0.6) is 0 Å². The van der Waals surface area contributed by atoms with Crippen molar-refractivity contribution in [1.29, 1.82) is 0 Å². The molecule has 1 N–H and O–H groups in total. The first-order valence-corrected chi connectivity index (χ1v) is 6.87. The van der Waals surface area contributed by atoms with E-state index in [4.69, 9.17) is 23.2 Å². The molecule has 0 atom stereocenters. The molecule has 1 aliphatic heterocycles. The van der Waals surface area contributed by atoms with Crippen LogP contribution in [0.2, 0.25) is 10.0 Å². The molecule has 0 radical (unpaired) electrons. The number of aliphatic hydroxyl groups excluding tert-OH is 1. The molecule has 1 amide bonds. The molecule has 1 heterocycles. The lowest BCUT2D eigenvalue weighted by molar-refractivity contribution is -0.126. The Labute approximate surface area is 122 Å². The van der Waals surface area contributed by atoms with Crippen LogP contribution >= 0.6 is 23.2 Å². The van der Waals surface area contributed by atoms with Crippen LogP contribution in [0, 0.1) is 0 Å². The Morgan fingerprint density at radius 3 is 2.58 bits per heavy atom. The molecule has 1 fully saturated rings. The lowest BCUT2D eigenvalue weighted by Crippen LogP contribution is -2.40. The lowest BCUT2D eigenvalue weighted by atomic mass is 10.0. The number of amides is 1. The van der Waals surface area contributed by atoms with Crippen molar-refractivity contribution in [3.05, 3.63) is 40.4 Å². The summed E-state index contributed by atoms with van der Waals surface area (Å²) in [5.41, 5.74) is 0.897. The first-order chi connectivity index (χ1) is 9.00. The zero-order chi connectivity index (χ0) is 14.0. The van der Waals surface area contributed by atoms with Crippen molar-refractivity contribution in [1.82, 2.24) is 4.90 Å². The molecule has 1 aromatic carbocycles. The van der Waals surface area contributed by atoms with Gasteiger partial charge in [-0.1, -0.05) is 41.9 Å². The third-order valence-electron chi connectivity index (χ3n) is 3.29. The molecule has 0 aromatic heterocycles. The van der Waals surface area contributed by atoms with Crippen molar-refractivity contribution >= 4 is 34.7 Å². The highest BCUT2D eigenvalue weighted by molar-refractivity contribution is 6.44. The van der Waals surface area contributed by atoms with Gasteiger partial charge in [-0.25, -0.2) is 0 Å². The smallest absolute Gasteiger partial charge is 0.253 e. The third-order valence-corrected chi connectivity index (χ3v) is 4.11. The molecule has 1 aromatic rings. The average Bonchev–Trinajstić information content (AvgIpc) is 2.41. The summed E-state index contributed by atoms with van der Waals surface area (Å²) in [6.45, 7) is 4.90. The highest BCUT2D eigenvalue weighted by Crippen LogP contribution is 2.31. The zero-order valence-corrected chi connectivity index (χ0v) is 11.9. The Kier molecular flexibility index (Phi) is 4.50. The first kappa shape index (κ1) is 14.4. The predicted octanol–water partition coefficient (Wildman–Crippen LogP) is 2.99. The van der Waals surface area contributed by atoms with E-state index >= 15 is 0 Å². The highest BCUT2D eigenvalue weighted by Gasteiger charge is 2.24. The van der Waals surface area contributed by atoms with Crippen LogP contribution in [0.1, 0.15) is 18.4 Å². The largest absolute Gasteiger partial charge is 0.393 e. The van der Waals surface area contributed by atoms with E-state index in [2.05, 4.69) is 6.58 Å². The number of rotatable bonds is 2. The van der Waals surface area contributed by atoms with Gasteiger partial charge in [-0.05, 0) is 18.9 Å². The van der Waals surface area contributed by atoms with E-state index in [-0.39, 0.29) is 12.0 Å². The van der Waals surface area contributed by atoms with Gasteiger partial charge in [-0.15, -0.1) is 0 Å². The second-order valence-corrected chi connectivity index (χ2v) is 5.39. The van der Waals surface area contributed by atoms with Crippen LogP contribution in [0.15, 0.2) is 24.8 Å². The SMILES string of the molecule is C=C(C(=O)N1CCC(O)CC1)c1cccc(Cl)c1Cl. The van der Waals surface area contributed by atoms with E-state index in [9.17, 15) is 9.90 Å². The molecule has 1 saturated heterocycles. The van der Waals surface area contributed by atoms with E-state index in [0.29, 0.717) is 47.1 Å². The standard InChI is InChI=1S/C14H15Cl2NO2/c1-9(11-3-2-4-12(15)13(11)16)14(19)17-7-5-10(18)6-8-17/h2-4,10,18H,1,5-8H2. The number of halogens is 2. The lowest BCUT2D eigenvalue weighted by Gasteiger charge is -2.30. The second-order valence-electron chi connectivity index (χ2n) is 4.60. The highest BCUT2D eigenvalue weighted by atomic mass is 35.5. The summed E-state index contributed by atoms with van der Waals surface area (Å²) in [5, 5.41) is 10.2. The predicted molar refractivity (Wildman–Crippen MR) is 77.3 cm³/mol. The topological polar surface area (TPSA) is 40.5 Å². The monoisotopic (exact) mass is 299 g/mol. The summed E-state index contributed by atoms with van der Waals surface area (Å²) in [4.78, 5) is 14.0. The Hall–Kier alpha value is -1.03. The maximum Gasteiger partial charge on any atom is 0.253 e. The van der Waals surface area contributed by atoms with Crippen LogP contribution in [0.4, 0.5) is 0 Å². The molecule has 3 nitrogen and oxygen atoms in total. The fourth-order valence-corrected chi connectivity index (χ4v) is 2.53. The number of hydrogen-bond donors (Lipinski definition) is 1. The number of carbonyl (C=O) groups excluding carboxylic acids is 1. The Morgan fingerprint density at radius 1 is 1.32 bits per heavy atom. The minimum absolute atomic E-state index is 0.156. The summed E-state index contributed by atoms with van der Waals surface area (Å²) in [6.07, 6.45) is 0.886. The summed E-state index contributed by atoms with van der Waals surface area (Å²) < 4.78 is 0. The Bertz CT molecular complexity index is 508. The Morgan fingerprint density at radius 2 is 1.95 bits per heavy atom. The van der Waals surface area contributed by atoms with Crippen LogP contribution in [-0.2, 0) is 4.79 Å². The fourth-order valence-electron chi connectivity index (χ4n) is 2.11. The molecule has 19 heavy (non-hydrogen) atoms. The van der Waals surface area contributed by atoms with Crippen molar-refractivity contribution < 1.29 is 9.90 Å². The zero-order valence-electron chi connectivity index (χ0n) is 10.4. The van der Waals surface area contributed by atoms with Crippen LogP contribution in [0.25, 0.3) is 5.57 Å². The molecular formula is C14H15Cl2NO2. The fraction of sp³-hybridized carbons (Fsp3) is 0.357. The van der Waals surface area contributed by atoms with Crippen molar-refractivity contribution in [2.45, 2.75) is 18.9 Å². The molecule has 0 spiro atoms. The van der Waals surface area contributed by atoms with Crippen molar-refractivity contribution in [3.8, 4) is 0 Å². The molecule has 2 rings (SSSR count). The minimum atomic E-state index is -0.313. The maximum atomic E-state index is 12.3. The number of hydrogen-bond acceptors (Lipinski definition) is 2. The molecular weight excluding hydrogens is 285 g/mol. The van der Waals surface area contributed by atoms with E-state index in [1.54, 1.807) is 23.1 Å². The average molecular weight is 300 g/mol.